The topological polar surface area (TPSA) is 57.6 Å². The van der Waals surface area contributed by atoms with Gasteiger partial charge in [0.25, 0.3) is 0 Å². The number of carboxylic acids is 1. The van der Waals surface area contributed by atoms with Gasteiger partial charge < -0.3 is 10.0 Å². The molecule has 0 radical (unpaired) electrons. The van der Waals surface area contributed by atoms with Crippen molar-refractivity contribution in [3.8, 4) is 0 Å². The van der Waals surface area contributed by atoms with E-state index in [1.165, 1.54) is 0 Å². The Hall–Kier alpha value is -2.62. The lowest BCUT2D eigenvalue weighted by molar-refractivity contribution is -0.141. The van der Waals surface area contributed by atoms with Crippen LogP contribution in [0.15, 0.2) is 48.5 Å². The Morgan fingerprint density at radius 2 is 1.75 bits per heavy atom. The van der Waals surface area contributed by atoms with Gasteiger partial charge in [0.05, 0.1) is 12.8 Å². The number of hydrogen-bond donors (Lipinski definition) is 1. The molecular formula is C20H21NO3. The molecule has 24 heavy (non-hydrogen) atoms. The van der Waals surface area contributed by atoms with Gasteiger partial charge in [-0.05, 0) is 30.0 Å². The molecule has 0 fully saturated rings. The fourth-order valence-corrected chi connectivity index (χ4v) is 3.25. The predicted octanol–water partition coefficient (Wildman–Crippen LogP) is 2.97. The average Bonchev–Trinajstić information content (AvgIpc) is 2.55. The van der Waals surface area contributed by atoms with E-state index < -0.39 is 5.97 Å². The average molecular weight is 323 g/mol. The van der Waals surface area contributed by atoms with Crippen molar-refractivity contribution in [1.82, 2.24) is 4.90 Å². The Kier molecular flexibility index (Phi) is 4.65. The van der Waals surface area contributed by atoms with Crippen LogP contribution in [0.2, 0.25) is 0 Å². The molecule has 1 heterocycles. The van der Waals surface area contributed by atoms with Crippen LogP contribution in [-0.2, 0) is 29.0 Å². The zero-order chi connectivity index (χ0) is 17.1. The van der Waals surface area contributed by atoms with Crippen LogP contribution < -0.4 is 0 Å². The lowest BCUT2D eigenvalue weighted by atomic mass is 9.91. The number of nitrogens with zero attached hydrogens (tertiary/aromatic N) is 1. The van der Waals surface area contributed by atoms with Gasteiger partial charge in [-0.2, -0.15) is 0 Å². The maximum absolute atomic E-state index is 12.8. The van der Waals surface area contributed by atoms with Gasteiger partial charge in [0.2, 0.25) is 5.91 Å². The molecule has 0 aliphatic carbocycles. The second kappa shape index (κ2) is 6.87. The van der Waals surface area contributed by atoms with Gasteiger partial charge >= 0.3 is 5.97 Å². The summed E-state index contributed by atoms with van der Waals surface area (Å²) in [7, 11) is 0. The van der Waals surface area contributed by atoms with E-state index in [1.54, 1.807) is 4.90 Å². The normalized spacial score (nSPS) is 16.5. The fraction of sp³-hybridized carbons (Fsp3) is 0.300. The number of carbonyl (C=O) groups excluding carboxylic acids is 1. The maximum Gasteiger partial charge on any atom is 0.305 e. The zero-order valence-electron chi connectivity index (χ0n) is 13.7. The van der Waals surface area contributed by atoms with Gasteiger partial charge in [-0.3, -0.25) is 9.59 Å². The highest BCUT2D eigenvalue weighted by atomic mass is 16.4. The number of carboxylic acid groups (broad SMARTS) is 1. The Labute approximate surface area is 141 Å². The first-order valence-electron chi connectivity index (χ1n) is 8.16. The Balaban J connectivity index is 1.81. The molecule has 4 heteroatoms. The number of rotatable bonds is 4. The summed E-state index contributed by atoms with van der Waals surface area (Å²) in [5, 5.41) is 9.20. The summed E-state index contributed by atoms with van der Waals surface area (Å²) in [6.07, 6.45) is 0.884. The first-order chi connectivity index (χ1) is 11.5. The van der Waals surface area contributed by atoms with Crippen molar-refractivity contribution < 1.29 is 14.7 Å². The molecule has 1 aliphatic rings. The number of fused-ring (bicyclic) bond motifs is 1. The summed E-state index contributed by atoms with van der Waals surface area (Å²) in [6.45, 7) is 2.49. The summed E-state index contributed by atoms with van der Waals surface area (Å²) in [5.41, 5.74) is 4.36. The van der Waals surface area contributed by atoms with E-state index in [-0.39, 0.29) is 18.4 Å². The summed E-state index contributed by atoms with van der Waals surface area (Å²) >= 11 is 0. The number of hydrogen-bond acceptors (Lipinski definition) is 2. The fourth-order valence-electron chi connectivity index (χ4n) is 3.25. The largest absolute Gasteiger partial charge is 0.481 e. The van der Waals surface area contributed by atoms with E-state index in [0.29, 0.717) is 19.4 Å². The minimum absolute atomic E-state index is 0.0143. The van der Waals surface area contributed by atoms with Gasteiger partial charge in [0.1, 0.15) is 0 Å². The molecule has 0 saturated heterocycles. The maximum atomic E-state index is 12.8. The van der Waals surface area contributed by atoms with Crippen LogP contribution in [0, 0.1) is 6.92 Å². The standard InChI is InChI=1S/C20H21NO3/c1-14-6-8-15(9-7-14)10-19(22)21-13-17-5-3-2-4-16(17)11-18(21)12-20(23)24/h2-9,18H,10-13H2,1H3,(H,23,24)/t18-/m0/s1. The van der Waals surface area contributed by atoms with E-state index in [9.17, 15) is 14.7 Å². The van der Waals surface area contributed by atoms with Crippen LogP contribution in [-0.4, -0.2) is 27.9 Å². The number of amides is 1. The predicted molar refractivity (Wildman–Crippen MR) is 91.6 cm³/mol. The summed E-state index contributed by atoms with van der Waals surface area (Å²) in [5.74, 6) is -0.882. The van der Waals surface area contributed by atoms with Crippen molar-refractivity contribution in [3.63, 3.8) is 0 Å². The molecule has 0 aromatic heterocycles. The van der Waals surface area contributed by atoms with Gasteiger partial charge in [-0.25, -0.2) is 0 Å². The molecule has 0 saturated carbocycles. The van der Waals surface area contributed by atoms with E-state index >= 15 is 0 Å². The van der Waals surface area contributed by atoms with Crippen LogP contribution in [0.25, 0.3) is 0 Å². The second-order valence-corrected chi connectivity index (χ2v) is 6.41. The summed E-state index contributed by atoms with van der Waals surface area (Å²) < 4.78 is 0. The van der Waals surface area contributed by atoms with Crippen molar-refractivity contribution in [2.75, 3.05) is 0 Å². The third kappa shape index (κ3) is 3.65. The number of aryl methyl sites for hydroxylation is 1. The number of carbonyl (C=O) groups is 2. The highest BCUT2D eigenvalue weighted by Crippen LogP contribution is 2.26. The van der Waals surface area contributed by atoms with E-state index in [4.69, 9.17) is 0 Å². The summed E-state index contributed by atoms with van der Waals surface area (Å²) in [6, 6.07) is 15.6. The molecular weight excluding hydrogens is 302 g/mol. The Morgan fingerprint density at radius 1 is 1.08 bits per heavy atom. The minimum Gasteiger partial charge on any atom is -0.481 e. The molecule has 0 unspecified atom stereocenters. The first kappa shape index (κ1) is 16.2. The molecule has 1 aliphatic heterocycles. The molecule has 4 nitrogen and oxygen atoms in total. The van der Waals surface area contributed by atoms with Gasteiger partial charge in [0, 0.05) is 12.6 Å². The molecule has 1 atom stereocenters. The van der Waals surface area contributed by atoms with Crippen molar-refractivity contribution in [3.05, 3.63) is 70.8 Å². The molecule has 2 aromatic rings. The highest BCUT2D eigenvalue weighted by molar-refractivity contribution is 5.80. The van der Waals surface area contributed by atoms with Gasteiger partial charge in [-0.15, -0.1) is 0 Å². The van der Waals surface area contributed by atoms with Crippen LogP contribution in [0.4, 0.5) is 0 Å². The van der Waals surface area contributed by atoms with Crippen molar-refractivity contribution >= 4 is 11.9 Å². The van der Waals surface area contributed by atoms with Gasteiger partial charge in [0.15, 0.2) is 0 Å². The van der Waals surface area contributed by atoms with Crippen molar-refractivity contribution in [2.24, 2.45) is 0 Å². The molecule has 124 valence electrons. The molecule has 3 rings (SSSR count). The SMILES string of the molecule is Cc1ccc(CC(=O)N2Cc3ccccc3C[C@H]2CC(=O)O)cc1. The molecule has 0 bridgehead atoms. The quantitative estimate of drug-likeness (QED) is 0.941. The van der Waals surface area contributed by atoms with E-state index in [0.717, 1.165) is 22.3 Å². The zero-order valence-corrected chi connectivity index (χ0v) is 13.7. The third-order valence-electron chi connectivity index (χ3n) is 4.56. The van der Waals surface area contributed by atoms with E-state index in [2.05, 4.69) is 0 Å². The number of aliphatic carboxylic acids is 1. The van der Waals surface area contributed by atoms with Crippen LogP contribution in [0.1, 0.15) is 28.7 Å². The lowest BCUT2D eigenvalue weighted by Crippen LogP contribution is -2.46. The molecule has 1 N–H and O–H groups in total. The van der Waals surface area contributed by atoms with Crippen molar-refractivity contribution in [1.29, 1.82) is 0 Å². The third-order valence-corrected chi connectivity index (χ3v) is 4.56. The number of benzene rings is 2. The van der Waals surface area contributed by atoms with Crippen molar-refractivity contribution in [2.45, 2.75) is 38.8 Å². The summed E-state index contributed by atoms with van der Waals surface area (Å²) in [4.78, 5) is 25.7. The van der Waals surface area contributed by atoms with Crippen LogP contribution >= 0.6 is 0 Å². The van der Waals surface area contributed by atoms with Gasteiger partial charge in [-0.1, -0.05) is 54.1 Å². The van der Waals surface area contributed by atoms with Crippen LogP contribution in [0.3, 0.4) is 0 Å². The second-order valence-electron chi connectivity index (χ2n) is 6.41. The molecule has 2 aromatic carbocycles. The first-order valence-corrected chi connectivity index (χ1v) is 8.16. The highest BCUT2D eigenvalue weighted by Gasteiger charge is 2.30. The van der Waals surface area contributed by atoms with E-state index in [1.807, 2.05) is 55.5 Å². The molecule has 1 amide bonds. The minimum atomic E-state index is -0.868. The Bertz CT molecular complexity index is 752. The Morgan fingerprint density at radius 3 is 2.42 bits per heavy atom. The van der Waals surface area contributed by atoms with Crippen LogP contribution in [0.5, 0.6) is 0 Å². The smallest absolute Gasteiger partial charge is 0.305 e. The molecule has 0 spiro atoms. The monoisotopic (exact) mass is 323 g/mol. The lowest BCUT2D eigenvalue weighted by Gasteiger charge is -2.36.